The van der Waals surface area contributed by atoms with E-state index in [0.717, 1.165) is 5.69 Å². The second kappa shape index (κ2) is 7.09. The number of amides is 1. The number of benzene rings is 2. The Bertz CT molecular complexity index is 912. The number of hydrogen-bond donors (Lipinski definition) is 0. The molecule has 3 aromatic rings. The molecule has 126 valence electrons. The van der Waals surface area contributed by atoms with E-state index in [9.17, 15) is 9.59 Å². The minimum absolute atomic E-state index is 0.0701. The molecule has 0 bridgehead atoms. The Kier molecular flexibility index (Phi) is 4.70. The third-order valence-electron chi connectivity index (χ3n) is 3.76. The number of carbonyl (C=O) groups is 2. The van der Waals surface area contributed by atoms with Crippen LogP contribution in [0.15, 0.2) is 60.8 Å². The van der Waals surface area contributed by atoms with E-state index in [2.05, 4.69) is 9.97 Å². The molecular weight excluding hydrogens is 318 g/mol. The van der Waals surface area contributed by atoms with Gasteiger partial charge in [0.1, 0.15) is 0 Å². The number of hydrogen-bond acceptors (Lipinski definition) is 5. The Morgan fingerprint density at radius 2 is 1.64 bits per heavy atom. The van der Waals surface area contributed by atoms with Gasteiger partial charge in [-0.15, -0.1) is 0 Å². The summed E-state index contributed by atoms with van der Waals surface area (Å²) in [5, 5.41) is 0. The average molecular weight is 335 g/mol. The van der Waals surface area contributed by atoms with E-state index < -0.39 is 12.1 Å². The number of rotatable bonds is 4. The van der Waals surface area contributed by atoms with Crippen molar-refractivity contribution >= 4 is 28.6 Å². The third-order valence-corrected chi connectivity index (χ3v) is 3.76. The van der Waals surface area contributed by atoms with Crippen LogP contribution in [-0.4, -0.2) is 35.0 Å². The van der Waals surface area contributed by atoms with Crippen LogP contribution in [0.5, 0.6) is 0 Å². The third kappa shape index (κ3) is 3.63. The van der Waals surface area contributed by atoms with Crippen LogP contribution in [0.2, 0.25) is 0 Å². The number of ether oxygens (including phenoxy) is 1. The van der Waals surface area contributed by atoms with Crippen LogP contribution in [0.3, 0.4) is 0 Å². The smallest absolute Gasteiger partial charge is 0.359 e. The quantitative estimate of drug-likeness (QED) is 0.686. The molecule has 1 atom stereocenters. The zero-order valence-electron chi connectivity index (χ0n) is 13.9. The summed E-state index contributed by atoms with van der Waals surface area (Å²) in [6.07, 6.45) is 0.411. The zero-order valence-corrected chi connectivity index (χ0v) is 13.9. The van der Waals surface area contributed by atoms with Gasteiger partial charge in [0.05, 0.1) is 17.2 Å². The first-order valence-corrected chi connectivity index (χ1v) is 7.81. The highest BCUT2D eigenvalue weighted by molar-refractivity contribution is 5.98. The standard InChI is InChI=1S/C19H17N3O3/c1-13(18(23)22(2)14-8-4-3-5-9-14)25-19(24)17-12-20-15-10-6-7-11-16(15)21-17/h3-13H,1-2H3. The minimum Gasteiger partial charge on any atom is -0.448 e. The van der Waals surface area contributed by atoms with Crippen LogP contribution >= 0.6 is 0 Å². The lowest BCUT2D eigenvalue weighted by Crippen LogP contribution is -2.37. The van der Waals surface area contributed by atoms with Crippen molar-refractivity contribution in [1.29, 1.82) is 0 Å². The Labute approximate surface area is 145 Å². The maximum atomic E-state index is 12.4. The lowest BCUT2D eigenvalue weighted by Gasteiger charge is -2.21. The molecule has 3 rings (SSSR count). The van der Waals surface area contributed by atoms with Crippen LogP contribution in [0.4, 0.5) is 5.69 Å². The van der Waals surface area contributed by atoms with Gasteiger partial charge in [0.2, 0.25) is 0 Å². The van der Waals surface area contributed by atoms with Crippen molar-refractivity contribution in [2.45, 2.75) is 13.0 Å². The van der Waals surface area contributed by atoms with Crippen molar-refractivity contribution in [3.05, 3.63) is 66.5 Å². The summed E-state index contributed by atoms with van der Waals surface area (Å²) >= 11 is 0. The van der Waals surface area contributed by atoms with E-state index in [4.69, 9.17) is 4.74 Å². The van der Waals surface area contributed by atoms with E-state index in [1.165, 1.54) is 18.0 Å². The van der Waals surface area contributed by atoms with Gasteiger partial charge >= 0.3 is 5.97 Å². The van der Waals surface area contributed by atoms with Gasteiger partial charge in [0.25, 0.3) is 5.91 Å². The second-order valence-corrected chi connectivity index (χ2v) is 5.52. The van der Waals surface area contributed by atoms with Crippen LogP contribution < -0.4 is 4.90 Å². The van der Waals surface area contributed by atoms with E-state index in [0.29, 0.717) is 11.0 Å². The first-order chi connectivity index (χ1) is 12.1. The van der Waals surface area contributed by atoms with Crippen molar-refractivity contribution in [2.75, 3.05) is 11.9 Å². The summed E-state index contributed by atoms with van der Waals surface area (Å²) in [4.78, 5) is 34.6. The van der Waals surface area contributed by atoms with Crippen molar-refractivity contribution in [3.63, 3.8) is 0 Å². The maximum absolute atomic E-state index is 12.4. The van der Waals surface area contributed by atoms with E-state index >= 15 is 0 Å². The highest BCUT2D eigenvalue weighted by atomic mass is 16.5. The second-order valence-electron chi connectivity index (χ2n) is 5.52. The van der Waals surface area contributed by atoms with Crippen LogP contribution in [0, 0.1) is 0 Å². The Morgan fingerprint density at radius 3 is 2.36 bits per heavy atom. The number of aromatic nitrogens is 2. The minimum atomic E-state index is -0.939. The zero-order chi connectivity index (χ0) is 17.8. The number of nitrogens with zero attached hydrogens (tertiary/aromatic N) is 3. The number of fused-ring (bicyclic) bond motifs is 1. The lowest BCUT2D eigenvalue weighted by atomic mass is 10.2. The Hall–Kier alpha value is -3.28. The topological polar surface area (TPSA) is 72.4 Å². The Morgan fingerprint density at radius 1 is 1.00 bits per heavy atom. The van der Waals surface area contributed by atoms with Gasteiger partial charge in [-0.2, -0.15) is 0 Å². The average Bonchev–Trinajstić information content (AvgIpc) is 2.67. The lowest BCUT2D eigenvalue weighted by molar-refractivity contribution is -0.126. The van der Waals surface area contributed by atoms with Gasteiger partial charge in [-0.05, 0) is 31.2 Å². The molecule has 0 radical (unpaired) electrons. The van der Waals surface area contributed by atoms with Gasteiger partial charge in [0.15, 0.2) is 11.8 Å². The molecule has 6 heteroatoms. The molecule has 0 spiro atoms. The molecule has 0 saturated carbocycles. The van der Waals surface area contributed by atoms with Crippen molar-refractivity contribution in [1.82, 2.24) is 9.97 Å². The number of anilines is 1. The molecule has 1 aromatic heterocycles. The normalized spacial score (nSPS) is 11.8. The molecule has 25 heavy (non-hydrogen) atoms. The summed E-state index contributed by atoms with van der Waals surface area (Å²) in [5.41, 5.74) is 2.07. The molecular formula is C19H17N3O3. The van der Waals surface area contributed by atoms with Crippen molar-refractivity contribution in [2.24, 2.45) is 0 Å². The fraction of sp³-hybridized carbons (Fsp3) is 0.158. The molecule has 0 aliphatic heterocycles. The summed E-state index contributed by atoms with van der Waals surface area (Å²) < 4.78 is 5.26. The molecule has 1 amide bonds. The molecule has 0 aliphatic carbocycles. The molecule has 1 heterocycles. The van der Waals surface area contributed by atoms with E-state index in [-0.39, 0.29) is 11.6 Å². The summed E-state index contributed by atoms with van der Waals surface area (Å²) in [6.45, 7) is 1.54. The van der Waals surface area contributed by atoms with Crippen LogP contribution in [0.25, 0.3) is 11.0 Å². The van der Waals surface area contributed by atoms with Crippen molar-refractivity contribution in [3.8, 4) is 0 Å². The van der Waals surface area contributed by atoms with Gasteiger partial charge in [-0.3, -0.25) is 9.78 Å². The summed E-state index contributed by atoms with van der Waals surface area (Å²) in [5.74, 6) is -1.01. The molecule has 0 fully saturated rings. The number of para-hydroxylation sites is 3. The predicted molar refractivity (Wildman–Crippen MR) is 94.3 cm³/mol. The van der Waals surface area contributed by atoms with Gasteiger partial charge in [-0.1, -0.05) is 30.3 Å². The molecule has 6 nitrogen and oxygen atoms in total. The van der Waals surface area contributed by atoms with Crippen LogP contribution in [-0.2, 0) is 9.53 Å². The van der Waals surface area contributed by atoms with E-state index in [1.807, 2.05) is 30.3 Å². The Balaban J connectivity index is 1.71. The highest BCUT2D eigenvalue weighted by Gasteiger charge is 2.23. The summed E-state index contributed by atoms with van der Waals surface area (Å²) in [7, 11) is 1.64. The number of esters is 1. The largest absolute Gasteiger partial charge is 0.448 e. The monoisotopic (exact) mass is 335 g/mol. The van der Waals surface area contributed by atoms with Gasteiger partial charge in [-0.25, -0.2) is 9.78 Å². The SMILES string of the molecule is CC(OC(=O)c1cnc2ccccc2n1)C(=O)N(C)c1ccccc1. The fourth-order valence-corrected chi connectivity index (χ4v) is 2.38. The number of likely N-dealkylation sites (N-methyl/N-ethyl adjacent to an activating group) is 1. The molecule has 2 aromatic carbocycles. The number of carbonyl (C=O) groups excluding carboxylic acids is 2. The molecule has 0 N–H and O–H groups in total. The predicted octanol–water partition coefficient (Wildman–Crippen LogP) is 2.84. The van der Waals surface area contributed by atoms with E-state index in [1.54, 1.807) is 31.3 Å². The fourth-order valence-electron chi connectivity index (χ4n) is 2.38. The molecule has 1 unspecified atom stereocenters. The van der Waals surface area contributed by atoms with Crippen molar-refractivity contribution < 1.29 is 14.3 Å². The summed E-state index contributed by atoms with van der Waals surface area (Å²) in [6, 6.07) is 16.4. The van der Waals surface area contributed by atoms with Crippen LogP contribution in [0.1, 0.15) is 17.4 Å². The maximum Gasteiger partial charge on any atom is 0.359 e. The van der Waals surface area contributed by atoms with Gasteiger partial charge < -0.3 is 9.64 Å². The highest BCUT2D eigenvalue weighted by Crippen LogP contribution is 2.14. The molecule has 0 saturated heterocycles. The first-order valence-electron chi connectivity index (χ1n) is 7.81. The first kappa shape index (κ1) is 16.6. The van der Waals surface area contributed by atoms with Gasteiger partial charge in [0, 0.05) is 12.7 Å². The molecule has 0 aliphatic rings.